The second-order valence-corrected chi connectivity index (χ2v) is 9.59. The Labute approximate surface area is 160 Å². The number of hydrogen-bond acceptors (Lipinski definition) is 5. The first-order valence-corrected chi connectivity index (χ1v) is 10.5. The maximum absolute atomic E-state index is 13.1. The van der Waals surface area contributed by atoms with Gasteiger partial charge in [0.25, 0.3) is 5.91 Å². The summed E-state index contributed by atoms with van der Waals surface area (Å²) in [4.78, 5) is 21.9. The molecule has 1 aromatic rings. The number of nitrogens with zero attached hydrogens (tertiary/aromatic N) is 2. The molecule has 2 atom stereocenters. The van der Waals surface area contributed by atoms with Gasteiger partial charge in [0.15, 0.2) is 0 Å². The Hall–Kier alpha value is -1.69. The summed E-state index contributed by atoms with van der Waals surface area (Å²) in [6, 6.07) is 0.535. The molecule has 146 valence electrons. The van der Waals surface area contributed by atoms with Crippen molar-refractivity contribution in [2.24, 2.45) is 17.8 Å². The lowest BCUT2D eigenvalue weighted by Gasteiger charge is -2.58. The van der Waals surface area contributed by atoms with Crippen molar-refractivity contribution in [2.45, 2.75) is 82.5 Å². The van der Waals surface area contributed by atoms with Crippen LogP contribution in [0.2, 0.25) is 0 Å². The summed E-state index contributed by atoms with van der Waals surface area (Å²) in [6.07, 6.45) is 8.68. The number of ether oxygens (including phenoxy) is 1. The third-order valence-corrected chi connectivity index (χ3v) is 6.88. The quantitative estimate of drug-likeness (QED) is 0.831. The summed E-state index contributed by atoms with van der Waals surface area (Å²) < 4.78 is 5.62. The number of carbonyl (C=O) groups excluding carboxylic acids is 1. The van der Waals surface area contributed by atoms with Crippen LogP contribution in [0, 0.1) is 17.8 Å². The Bertz CT molecular complexity index is 745. The van der Waals surface area contributed by atoms with Crippen LogP contribution < -0.4 is 10.1 Å². The van der Waals surface area contributed by atoms with E-state index in [1.54, 1.807) is 6.20 Å². The van der Waals surface area contributed by atoms with Gasteiger partial charge in [-0.1, -0.05) is 0 Å². The van der Waals surface area contributed by atoms with Crippen LogP contribution in [0.15, 0.2) is 6.20 Å². The van der Waals surface area contributed by atoms with Gasteiger partial charge in [-0.2, -0.15) is 4.98 Å². The number of aromatic nitrogens is 2. The first-order chi connectivity index (χ1) is 12.9. The third-order valence-electron chi connectivity index (χ3n) is 6.88. The third kappa shape index (κ3) is 3.22. The summed E-state index contributed by atoms with van der Waals surface area (Å²) in [7, 11) is 0. The van der Waals surface area contributed by atoms with E-state index in [-0.39, 0.29) is 18.1 Å². The largest absolute Gasteiger partial charge is 0.461 e. The summed E-state index contributed by atoms with van der Waals surface area (Å²) in [6.45, 7) is 3.89. The van der Waals surface area contributed by atoms with Gasteiger partial charge >= 0.3 is 6.01 Å². The molecule has 1 aromatic heterocycles. The molecule has 6 heteroatoms. The van der Waals surface area contributed by atoms with Crippen LogP contribution in [-0.2, 0) is 0 Å². The molecule has 6 rings (SSSR count). The van der Waals surface area contributed by atoms with Crippen molar-refractivity contribution >= 4 is 5.91 Å². The summed E-state index contributed by atoms with van der Waals surface area (Å²) >= 11 is 0. The van der Waals surface area contributed by atoms with Gasteiger partial charge in [0.1, 0.15) is 0 Å². The Morgan fingerprint density at radius 2 is 1.96 bits per heavy atom. The molecule has 5 aliphatic carbocycles. The van der Waals surface area contributed by atoms with Crippen LogP contribution >= 0.6 is 0 Å². The molecule has 5 fully saturated rings. The SMILES string of the molecule is CC(C)Oc1ncc(C(=O)N[C@H]2C3CC4CC2C[C@@](O)(C4)C3)c(C2CC2)n1. The first-order valence-electron chi connectivity index (χ1n) is 10.5. The first kappa shape index (κ1) is 17.4. The van der Waals surface area contributed by atoms with Gasteiger partial charge < -0.3 is 15.2 Å². The minimum atomic E-state index is -0.476. The standard InChI is InChI=1S/C21H29N3O3/c1-11(2)27-20-22-10-16(18(24-20)13-3-4-13)19(25)23-17-14-5-12-6-15(17)9-21(26,7-12)8-14/h10-15,17,26H,3-9H2,1-2H3,(H,23,25)/t12?,14?,15?,17-,21+. The highest BCUT2D eigenvalue weighted by molar-refractivity contribution is 5.95. The predicted molar refractivity (Wildman–Crippen MR) is 99.5 cm³/mol. The fourth-order valence-electron chi connectivity index (χ4n) is 5.93. The molecule has 1 amide bonds. The summed E-state index contributed by atoms with van der Waals surface area (Å²) in [5.41, 5.74) is 0.956. The van der Waals surface area contributed by atoms with Crippen molar-refractivity contribution in [3.63, 3.8) is 0 Å². The zero-order chi connectivity index (χ0) is 18.8. The van der Waals surface area contributed by atoms with Crippen LogP contribution in [0.25, 0.3) is 0 Å². The molecule has 6 nitrogen and oxygen atoms in total. The monoisotopic (exact) mass is 371 g/mol. The van der Waals surface area contributed by atoms with Crippen LogP contribution in [0.4, 0.5) is 0 Å². The summed E-state index contributed by atoms with van der Waals surface area (Å²) in [5, 5.41) is 14.1. The van der Waals surface area contributed by atoms with E-state index in [4.69, 9.17) is 4.74 Å². The fourth-order valence-corrected chi connectivity index (χ4v) is 5.93. The molecule has 5 saturated carbocycles. The van der Waals surface area contributed by atoms with Crippen molar-refractivity contribution in [1.29, 1.82) is 0 Å². The Kier molecular flexibility index (Phi) is 3.97. The van der Waals surface area contributed by atoms with E-state index >= 15 is 0 Å². The molecule has 2 N–H and O–H groups in total. The Balaban J connectivity index is 1.36. The minimum Gasteiger partial charge on any atom is -0.461 e. The van der Waals surface area contributed by atoms with E-state index in [1.165, 1.54) is 0 Å². The van der Waals surface area contributed by atoms with E-state index < -0.39 is 5.60 Å². The van der Waals surface area contributed by atoms with E-state index in [9.17, 15) is 9.90 Å². The molecule has 2 unspecified atom stereocenters. The highest BCUT2D eigenvalue weighted by Crippen LogP contribution is 2.55. The molecule has 0 aliphatic heterocycles. The van der Waals surface area contributed by atoms with Crippen molar-refractivity contribution < 1.29 is 14.6 Å². The van der Waals surface area contributed by atoms with Gasteiger partial charge in [-0.25, -0.2) is 4.98 Å². The van der Waals surface area contributed by atoms with Crippen molar-refractivity contribution in [3.8, 4) is 6.01 Å². The van der Waals surface area contributed by atoms with Gasteiger partial charge in [0.05, 0.1) is 23.0 Å². The molecule has 27 heavy (non-hydrogen) atoms. The number of carbonyl (C=O) groups is 1. The van der Waals surface area contributed by atoms with Crippen LogP contribution in [-0.4, -0.2) is 38.7 Å². The van der Waals surface area contributed by atoms with Gasteiger partial charge in [-0.05, 0) is 76.5 Å². The number of nitrogens with one attached hydrogen (secondary N) is 1. The van der Waals surface area contributed by atoms with Gasteiger partial charge in [0.2, 0.25) is 0 Å². The maximum atomic E-state index is 13.1. The Morgan fingerprint density at radius 3 is 2.56 bits per heavy atom. The second-order valence-electron chi connectivity index (χ2n) is 9.59. The predicted octanol–water partition coefficient (Wildman–Crippen LogP) is 2.81. The van der Waals surface area contributed by atoms with E-state index in [1.807, 2.05) is 13.8 Å². The van der Waals surface area contributed by atoms with Gasteiger partial charge in [0, 0.05) is 18.2 Å². The topological polar surface area (TPSA) is 84.3 Å². The average Bonchev–Trinajstić information content (AvgIpc) is 3.41. The minimum absolute atomic E-state index is 0.00980. The van der Waals surface area contributed by atoms with E-state index in [0.29, 0.717) is 35.2 Å². The van der Waals surface area contributed by atoms with Crippen LogP contribution in [0.1, 0.15) is 80.8 Å². The van der Waals surface area contributed by atoms with E-state index in [2.05, 4.69) is 15.3 Å². The lowest BCUT2D eigenvalue weighted by atomic mass is 9.52. The number of amides is 1. The Morgan fingerprint density at radius 1 is 1.26 bits per heavy atom. The smallest absolute Gasteiger partial charge is 0.316 e. The number of hydrogen-bond donors (Lipinski definition) is 2. The molecule has 0 aromatic carbocycles. The molecular weight excluding hydrogens is 342 g/mol. The highest BCUT2D eigenvalue weighted by Gasteiger charge is 2.55. The fraction of sp³-hybridized carbons (Fsp3) is 0.762. The zero-order valence-electron chi connectivity index (χ0n) is 16.1. The second kappa shape index (κ2) is 6.16. The van der Waals surface area contributed by atoms with Gasteiger partial charge in [-0.3, -0.25) is 4.79 Å². The molecule has 0 radical (unpaired) electrons. The molecule has 4 bridgehead atoms. The number of aliphatic hydroxyl groups is 1. The molecule has 5 aliphatic rings. The molecule has 0 saturated heterocycles. The van der Waals surface area contributed by atoms with Gasteiger partial charge in [-0.15, -0.1) is 0 Å². The molecule has 1 heterocycles. The van der Waals surface area contributed by atoms with Crippen molar-refractivity contribution in [3.05, 3.63) is 17.5 Å². The normalized spacial score (nSPS) is 36.9. The van der Waals surface area contributed by atoms with Crippen LogP contribution in [0.5, 0.6) is 6.01 Å². The average molecular weight is 371 g/mol. The van der Waals surface area contributed by atoms with Crippen molar-refractivity contribution in [1.82, 2.24) is 15.3 Å². The molecular formula is C21H29N3O3. The zero-order valence-corrected chi connectivity index (χ0v) is 16.1. The van der Waals surface area contributed by atoms with Crippen molar-refractivity contribution in [2.75, 3.05) is 0 Å². The maximum Gasteiger partial charge on any atom is 0.316 e. The molecule has 0 spiro atoms. The lowest BCUT2D eigenvalue weighted by Crippen LogP contribution is -2.61. The van der Waals surface area contributed by atoms with Crippen LogP contribution in [0.3, 0.4) is 0 Å². The van der Waals surface area contributed by atoms with E-state index in [0.717, 1.165) is 50.6 Å². The summed E-state index contributed by atoms with van der Waals surface area (Å²) in [5.74, 6) is 1.73. The number of rotatable bonds is 5. The highest BCUT2D eigenvalue weighted by atomic mass is 16.5. The lowest BCUT2D eigenvalue weighted by molar-refractivity contribution is -0.136.